The van der Waals surface area contributed by atoms with Crippen molar-refractivity contribution < 1.29 is 4.42 Å². The Morgan fingerprint density at radius 1 is 0.578 bits per heavy atom. The normalized spacial score (nSPS) is 16.9. The van der Waals surface area contributed by atoms with Crippen molar-refractivity contribution in [1.29, 1.82) is 10.5 Å². The number of rotatable bonds is 6. The van der Waals surface area contributed by atoms with Gasteiger partial charge in [-0.05, 0) is 130 Å². The van der Waals surface area contributed by atoms with Crippen molar-refractivity contribution >= 4 is 88.3 Å². The molecule has 3 aliphatic rings. The van der Waals surface area contributed by atoms with E-state index >= 15 is 0 Å². The van der Waals surface area contributed by atoms with E-state index in [1.54, 1.807) is 0 Å². The molecule has 0 bridgehead atoms. The summed E-state index contributed by atoms with van der Waals surface area (Å²) in [5.41, 5.74) is 16.0. The highest BCUT2D eigenvalue weighted by atomic mass is 16.3. The number of aryl methyl sites for hydroxylation is 1. The van der Waals surface area contributed by atoms with Crippen LogP contribution >= 0.6 is 0 Å². The second-order valence-corrected chi connectivity index (χ2v) is 18.1. The van der Waals surface area contributed by atoms with Gasteiger partial charge in [-0.25, -0.2) is 0 Å². The summed E-state index contributed by atoms with van der Waals surface area (Å²) in [7, 11) is 0. The van der Waals surface area contributed by atoms with Crippen LogP contribution in [0.3, 0.4) is 0 Å². The van der Waals surface area contributed by atoms with E-state index in [-0.39, 0.29) is 0 Å². The maximum Gasteiger partial charge on any atom is 0.159 e. The monoisotopic (exact) mass is 824 g/mol. The van der Waals surface area contributed by atoms with Gasteiger partial charge in [0.15, 0.2) is 5.58 Å². The first-order valence-electron chi connectivity index (χ1n) is 22.4. The largest absolute Gasteiger partial charge is 0.454 e. The van der Waals surface area contributed by atoms with Crippen LogP contribution in [0.5, 0.6) is 0 Å². The number of hydrogen-bond donors (Lipinski definition) is 0. The average molecular weight is 825 g/mol. The number of para-hydroxylation sites is 3. The van der Waals surface area contributed by atoms with E-state index in [0.29, 0.717) is 23.0 Å². The molecule has 0 amide bonds. The fourth-order valence-electron chi connectivity index (χ4n) is 10.9. The summed E-state index contributed by atoms with van der Waals surface area (Å²) in [5.74, 6) is 0.801. The number of benzene rings is 8. The maximum atomic E-state index is 11.4. The van der Waals surface area contributed by atoms with Crippen LogP contribution in [0.25, 0.3) is 59.8 Å². The minimum atomic E-state index is 0.309. The van der Waals surface area contributed by atoms with Crippen LogP contribution in [-0.4, -0.2) is 0 Å². The smallest absolute Gasteiger partial charge is 0.159 e. The summed E-state index contributed by atoms with van der Waals surface area (Å²) in [5, 5.41) is 30.5. The SMILES string of the molecule is CC1=CCC(C)C=C1N(c1cc2ccc3c(C#N)c(N(c4ccccc4C)c4cccc5c4CC4=CCC(C)C=C45)cc4ccc(c1C#N)c2c43)c1cccc2c1oc1ccccc12. The Balaban J connectivity index is 1.11. The predicted octanol–water partition coefficient (Wildman–Crippen LogP) is 15.9. The van der Waals surface area contributed by atoms with Crippen LogP contribution in [-0.2, 0) is 6.42 Å². The average Bonchev–Trinajstić information content (AvgIpc) is 3.89. The summed E-state index contributed by atoms with van der Waals surface area (Å²) in [6.07, 6.45) is 12.3. The fraction of sp³-hybridized carbons (Fsp3) is 0.153. The molecule has 1 heterocycles. The maximum absolute atomic E-state index is 11.4. The lowest BCUT2D eigenvalue weighted by molar-refractivity contribution is 0.668. The van der Waals surface area contributed by atoms with Gasteiger partial charge < -0.3 is 14.2 Å². The number of hydrogen-bond acceptors (Lipinski definition) is 5. The van der Waals surface area contributed by atoms with Crippen LogP contribution in [0.15, 0.2) is 167 Å². The van der Waals surface area contributed by atoms with E-state index in [9.17, 15) is 10.5 Å². The molecule has 8 aromatic carbocycles. The molecule has 12 rings (SSSR count). The molecule has 5 heteroatoms. The van der Waals surface area contributed by atoms with E-state index in [2.05, 4.69) is 177 Å². The third kappa shape index (κ3) is 5.54. The highest BCUT2D eigenvalue weighted by molar-refractivity contribution is 6.27. The molecule has 0 aliphatic heterocycles. The first-order chi connectivity index (χ1) is 31.3. The number of nitrogens with zero attached hydrogens (tertiary/aromatic N) is 4. The lowest BCUT2D eigenvalue weighted by Crippen LogP contribution is -2.21. The molecule has 306 valence electrons. The van der Waals surface area contributed by atoms with Crippen molar-refractivity contribution in [3.63, 3.8) is 0 Å². The van der Waals surface area contributed by atoms with E-state index < -0.39 is 0 Å². The molecule has 1 aromatic heterocycles. The lowest BCUT2D eigenvalue weighted by Gasteiger charge is -2.33. The third-order valence-electron chi connectivity index (χ3n) is 14.0. The Bertz CT molecular complexity index is 3690. The molecular formula is C59H44N4O. The van der Waals surface area contributed by atoms with Crippen LogP contribution < -0.4 is 9.80 Å². The van der Waals surface area contributed by atoms with Gasteiger partial charge >= 0.3 is 0 Å². The topological polar surface area (TPSA) is 67.2 Å². The minimum Gasteiger partial charge on any atom is -0.454 e. The van der Waals surface area contributed by atoms with Crippen LogP contribution in [0.2, 0.25) is 0 Å². The molecule has 5 nitrogen and oxygen atoms in total. The Kier molecular flexibility index (Phi) is 8.49. The van der Waals surface area contributed by atoms with Gasteiger partial charge in [0, 0.05) is 39.4 Å². The van der Waals surface area contributed by atoms with Crippen molar-refractivity contribution in [2.45, 2.75) is 47.0 Å². The second kappa shape index (κ2) is 14.3. The van der Waals surface area contributed by atoms with Crippen LogP contribution in [0, 0.1) is 41.4 Å². The Labute approximate surface area is 372 Å². The molecule has 9 aromatic rings. The van der Waals surface area contributed by atoms with E-state index in [0.717, 1.165) is 119 Å². The molecule has 3 aliphatic carbocycles. The van der Waals surface area contributed by atoms with Gasteiger partial charge in [0.05, 0.1) is 33.9 Å². The van der Waals surface area contributed by atoms with Crippen molar-refractivity contribution in [2.24, 2.45) is 11.8 Å². The Hall–Kier alpha value is -7.86. The molecule has 2 atom stereocenters. The Morgan fingerprint density at radius 2 is 1.20 bits per heavy atom. The zero-order valence-corrected chi connectivity index (χ0v) is 36.3. The van der Waals surface area contributed by atoms with Crippen molar-refractivity contribution in [2.75, 3.05) is 9.80 Å². The number of allylic oxidation sites excluding steroid dienone is 7. The van der Waals surface area contributed by atoms with E-state index in [4.69, 9.17) is 4.42 Å². The summed E-state index contributed by atoms with van der Waals surface area (Å²) >= 11 is 0. The van der Waals surface area contributed by atoms with Crippen LogP contribution in [0.4, 0.5) is 28.4 Å². The third-order valence-corrected chi connectivity index (χ3v) is 14.0. The highest BCUT2D eigenvalue weighted by Gasteiger charge is 2.32. The first-order valence-corrected chi connectivity index (χ1v) is 22.4. The van der Waals surface area contributed by atoms with Crippen LogP contribution in [0.1, 0.15) is 61.4 Å². The number of anilines is 5. The molecule has 0 spiro atoms. The molecule has 0 saturated carbocycles. The Morgan fingerprint density at radius 3 is 1.95 bits per heavy atom. The lowest BCUT2D eigenvalue weighted by atomic mass is 9.87. The number of nitriles is 2. The van der Waals surface area contributed by atoms with Gasteiger partial charge in [-0.1, -0.05) is 123 Å². The van der Waals surface area contributed by atoms with E-state index in [1.165, 1.54) is 22.3 Å². The van der Waals surface area contributed by atoms with Gasteiger partial charge in [-0.15, -0.1) is 0 Å². The van der Waals surface area contributed by atoms with Gasteiger partial charge in [-0.3, -0.25) is 0 Å². The van der Waals surface area contributed by atoms with E-state index in [1.807, 2.05) is 18.2 Å². The summed E-state index contributed by atoms with van der Waals surface area (Å²) < 4.78 is 6.68. The standard InChI is InChI=1S/C59H44N4O/c1-34-20-22-38-29-47-41(46(38)27-34)13-9-16-51(47)62(50-15-7-5-11-36(50)3)54-30-39-23-26-44-49(33-61)55(31-40-24-25-43(48(54)32-60)57(39)58(40)44)63(53-28-35(2)19-21-37(53)4)52-17-10-14-45-42-12-6-8-18-56(42)64-59(45)52/h5-18,21-28,30-31,34-35H,19-20,29H2,1-4H3. The highest BCUT2D eigenvalue weighted by Crippen LogP contribution is 2.52. The molecule has 0 N–H and O–H groups in total. The molecule has 64 heavy (non-hydrogen) atoms. The van der Waals surface area contributed by atoms with Gasteiger partial charge in [0.25, 0.3) is 0 Å². The molecule has 0 fully saturated rings. The summed E-state index contributed by atoms with van der Waals surface area (Å²) in [6, 6.07) is 47.9. The summed E-state index contributed by atoms with van der Waals surface area (Å²) in [6.45, 7) is 8.84. The van der Waals surface area contributed by atoms with Crippen molar-refractivity contribution in [3.05, 3.63) is 190 Å². The summed E-state index contributed by atoms with van der Waals surface area (Å²) in [4.78, 5) is 4.58. The molecule has 0 radical (unpaired) electrons. The van der Waals surface area contributed by atoms with Crippen molar-refractivity contribution in [1.82, 2.24) is 0 Å². The van der Waals surface area contributed by atoms with Crippen molar-refractivity contribution in [3.8, 4) is 12.1 Å². The zero-order chi connectivity index (χ0) is 43.4. The quantitative estimate of drug-likeness (QED) is 0.156. The van der Waals surface area contributed by atoms with Gasteiger partial charge in [0.2, 0.25) is 0 Å². The number of furan rings is 1. The molecular weight excluding hydrogens is 781 g/mol. The zero-order valence-electron chi connectivity index (χ0n) is 36.3. The second-order valence-electron chi connectivity index (χ2n) is 18.1. The van der Waals surface area contributed by atoms with Gasteiger partial charge in [-0.2, -0.15) is 10.5 Å². The van der Waals surface area contributed by atoms with Gasteiger partial charge in [0.1, 0.15) is 17.7 Å². The minimum absolute atomic E-state index is 0.309. The predicted molar refractivity (Wildman–Crippen MR) is 264 cm³/mol. The molecule has 0 saturated heterocycles. The molecule has 2 unspecified atom stereocenters. The fourth-order valence-corrected chi connectivity index (χ4v) is 10.9. The number of fused-ring (bicyclic) bond motifs is 6. The first kappa shape index (κ1) is 37.9.